The summed E-state index contributed by atoms with van der Waals surface area (Å²) in [5.74, 6) is 2.04. The second-order valence-corrected chi connectivity index (χ2v) is 9.05. The number of fused-ring (bicyclic) bond motifs is 6. The van der Waals surface area contributed by atoms with E-state index in [9.17, 15) is 0 Å². The van der Waals surface area contributed by atoms with Crippen molar-refractivity contribution in [2.75, 3.05) is 5.75 Å². The van der Waals surface area contributed by atoms with Crippen LogP contribution in [-0.4, -0.2) is 15.3 Å². The van der Waals surface area contributed by atoms with Crippen molar-refractivity contribution in [2.45, 2.75) is 17.6 Å². The molecule has 0 amide bonds. The molecule has 3 aromatic rings. The minimum absolute atomic E-state index is 1.02. The third kappa shape index (κ3) is 1.79. The molecule has 5 rings (SSSR count). The molecule has 0 saturated heterocycles. The summed E-state index contributed by atoms with van der Waals surface area (Å²) in [6.07, 6.45) is 0. The molecule has 0 atom stereocenters. The Bertz CT molecular complexity index is 919. The van der Waals surface area contributed by atoms with Crippen molar-refractivity contribution in [1.82, 2.24) is 9.59 Å². The maximum absolute atomic E-state index is 4.37. The summed E-state index contributed by atoms with van der Waals surface area (Å²) in [6.45, 7) is 2.17. The van der Waals surface area contributed by atoms with E-state index in [1.54, 1.807) is 11.5 Å². The number of aryl methyl sites for hydroxylation is 1. The number of thiophene rings is 1. The third-order valence-electron chi connectivity index (χ3n) is 3.83. The van der Waals surface area contributed by atoms with Gasteiger partial charge in [0.1, 0.15) is 5.69 Å². The Hall–Kier alpha value is -0.820. The molecule has 0 unspecified atom stereocenters. The molecule has 2 aliphatic heterocycles. The van der Waals surface area contributed by atoms with Crippen LogP contribution in [0.1, 0.15) is 21.0 Å². The number of benzene rings is 1. The summed E-state index contributed by atoms with van der Waals surface area (Å²) < 4.78 is 5.54. The maximum Gasteiger partial charge on any atom is 0.107 e. The summed E-state index contributed by atoms with van der Waals surface area (Å²) >= 11 is 7.40. The van der Waals surface area contributed by atoms with Crippen LogP contribution in [0.5, 0.6) is 0 Å². The smallest absolute Gasteiger partial charge is 0.107 e. The molecule has 2 nitrogen and oxygen atoms in total. The minimum Gasteiger partial charge on any atom is -0.138 e. The molecule has 0 radical (unpaired) electrons. The van der Waals surface area contributed by atoms with Crippen LogP contribution in [0, 0.1) is 6.92 Å². The van der Waals surface area contributed by atoms with Crippen molar-refractivity contribution in [2.24, 2.45) is 0 Å². The fourth-order valence-electron chi connectivity index (χ4n) is 2.83. The molecule has 0 saturated carbocycles. The van der Waals surface area contributed by atoms with E-state index in [2.05, 4.69) is 34.7 Å². The zero-order valence-corrected chi connectivity index (χ0v) is 14.4. The highest BCUT2D eigenvalue weighted by Crippen LogP contribution is 2.55. The van der Waals surface area contributed by atoms with E-state index < -0.39 is 0 Å². The summed E-state index contributed by atoms with van der Waals surface area (Å²) in [6, 6.07) is 6.80. The number of nitrogens with zero attached hydrogens (tertiary/aromatic N) is 2. The molecule has 104 valence electrons. The second-order valence-electron chi connectivity index (χ2n) is 5.19. The highest BCUT2D eigenvalue weighted by Gasteiger charge is 2.31. The van der Waals surface area contributed by atoms with E-state index >= 15 is 0 Å². The third-order valence-corrected chi connectivity index (χ3v) is 8.50. The average Bonchev–Trinajstić information content (AvgIpc) is 3.10. The molecule has 2 aromatic heterocycles. The maximum atomic E-state index is 4.37. The van der Waals surface area contributed by atoms with E-state index in [-0.39, 0.29) is 0 Å². The van der Waals surface area contributed by atoms with E-state index in [1.807, 2.05) is 34.9 Å². The number of hydrogen-bond donors (Lipinski definition) is 0. The summed E-state index contributed by atoms with van der Waals surface area (Å²) in [5, 5.41) is 5.80. The standard InChI is InChI=1S/C15H10N2S4/c1-7-2-3-10-8(4-7)13-15(20-10)14-9(5-18-13)12-11(6-19-14)21-17-16-12/h2-4H,5-6H2,1H3. The lowest BCUT2D eigenvalue weighted by Crippen LogP contribution is -2.04. The fourth-order valence-corrected chi connectivity index (χ4v) is 7.67. The zero-order chi connectivity index (χ0) is 14.0. The first-order valence-electron chi connectivity index (χ1n) is 6.65. The lowest BCUT2D eigenvalue weighted by molar-refractivity contribution is 1.12. The molecule has 1 aromatic carbocycles. The van der Waals surface area contributed by atoms with Gasteiger partial charge in [0.15, 0.2) is 0 Å². The Morgan fingerprint density at radius 1 is 1.14 bits per heavy atom. The van der Waals surface area contributed by atoms with Crippen molar-refractivity contribution < 1.29 is 0 Å². The van der Waals surface area contributed by atoms with Crippen LogP contribution in [0.25, 0.3) is 20.6 Å². The topological polar surface area (TPSA) is 25.8 Å². The molecule has 0 N–H and O–H groups in total. The van der Waals surface area contributed by atoms with Crippen molar-refractivity contribution in [3.63, 3.8) is 0 Å². The van der Waals surface area contributed by atoms with Gasteiger partial charge in [-0.1, -0.05) is 16.1 Å². The molecule has 0 bridgehead atoms. The molecule has 6 heteroatoms. The quantitative estimate of drug-likeness (QED) is 0.553. The Morgan fingerprint density at radius 2 is 2.10 bits per heavy atom. The van der Waals surface area contributed by atoms with Gasteiger partial charge in [-0.25, -0.2) is 0 Å². The predicted octanol–water partition coefficient (Wildman–Crippen LogP) is 5.28. The van der Waals surface area contributed by atoms with Crippen molar-refractivity contribution in [3.05, 3.63) is 39.2 Å². The average molecular weight is 347 g/mol. The van der Waals surface area contributed by atoms with Crippen LogP contribution < -0.4 is 0 Å². The van der Waals surface area contributed by atoms with Gasteiger partial charge in [0.25, 0.3) is 0 Å². The molecular weight excluding hydrogens is 336 g/mol. The summed E-state index contributed by atoms with van der Waals surface area (Å²) in [5.41, 5.74) is 3.89. The van der Waals surface area contributed by atoms with Crippen molar-refractivity contribution in [1.29, 1.82) is 0 Å². The van der Waals surface area contributed by atoms with Crippen molar-refractivity contribution in [3.8, 4) is 0 Å². The normalized spacial score (nSPS) is 16.8. The zero-order valence-electron chi connectivity index (χ0n) is 11.2. The fraction of sp³-hybridized carbons (Fsp3) is 0.200. The summed E-state index contributed by atoms with van der Waals surface area (Å²) in [7, 11) is 0. The van der Waals surface area contributed by atoms with E-state index in [4.69, 9.17) is 0 Å². The molecule has 0 aliphatic carbocycles. The van der Waals surface area contributed by atoms with Gasteiger partial charge in [0, 0.05) is 37.0 Å². The van der Waals surface area contributed by atoms with Gasteiger partial charge in [-0.05, 0) is 30.6 Å². The SMILES string of the molecule is Cc1ccc2sc3c(c2c1)SCC1=C3SCc2snnc21. The largest absolute Gasteiger partial charge is 0.138 e. The summed E-state index contributed by atoms with van der Waals surface area (Å²) in [4.78, 5) is 5.70. The Morgan fingerprint density at radius 3 is 3.05 bits per heavy atom. The van der Waals surface area contributed by atoms with Crippen molar-refractivity contribution >= 4 is 67.0 Å². The lowest BCUT2D eigenvalue weighted by Gasteiger charge is -2.22. The van der Waals surface area contributed by atoms with Gasteiger partial charge in [-0.3, -0.25) is 0 Å². The number of rotatable bonds is 0. The predicted molar refractivity (Wildman–Crippen MR) is 95.3 cm³/mol. The molecule has 0 spiro atoms. The van der Waals surface area contributed by atoms with Gasteiger partial charge >= 0.3 is 0 Å². The van der Waals surface area contributed by atoms with Crippen LogP contribution in [0.3, 0.4) is 0 Å². The van der Waals surface area contributed by atoms with Crippen LogP contribution >= 0.6 is 46.4 Å². The minimum atomic E-state index is 1.02. The van der Waals surface area contributed by atoms with Gasteiger partial charge in [0.2, 0.25) is 0 Å². The lowest BCUT2D eigenvalue weighted by atomic mass is 10.1. The molecule has 2 aliphatic rings. The van der Waals surface area contributed by atoms with Crippen LogP contribution in [0.2, 0.25) is 0 Å². The number of thioether (sulfide) groups is 2. The molecule has 4 heterocycles. The molecule has 0 fully saturated rings. The van der Waals surface area contributed by atoms with Crippen LogP contribution in [-0.2, 0) is 5.75 Å². The first-order chi connectivity index (χ1) is 10.3. The first kappa shape index (κ1) is 12.7. The highest BCUT2D eigenvalue weighted by molar-refractivity contribution is 8.09. The van der Waals surface area contributed by atoms with Crippen LogP contribution in [0.4, 0.5) is 0 Å². The van der Waals surface area contributed by atoms with Gasteiger partial charge in [-0.15, -0.1) is 40.0 Å². The number of hydrogen-bond acceptors (Lipinski definition) is 6. The first-order valence-corrected chi connectivity index (χ1v) is 10.2. The van der Waals surface area contributed by atoms with E-state index in [0.29, 0.717) is 0 Å². The Kier molecular flexibility index (Phi) is 2.77. The molecular formula is C15H10N2S4. The number of aromatic nitrogens is 2. The monoisotopic (exact) mass is 346 g/mol. The Balaban J connectivity index is 1.80. The van der Waals surface area contributed by atoms with Gasteiger partial charge in [-0.2, -0.15) is 0 Å². The van der Waals surface area contributed by atoms with Gasteiger partial charge in [0.05, 0.1) is 9.75 Å². The Labute approximate surface area is 138 Å². The van der Waals surface area contributed by atoms with Crippen LogP contribution in [0.15, 0.2) is 23.1 Å². The van der Waals surface area contributed by atoms with E-state index in [1.165, 1.54) is 40.8 Å². The molecule has 21 heavy (non-hydrogen) atoms. The van der Waals surface area contributed by atoms with E-state index in [0.717, 1.165) is 17.2 Å². The highest BCUT2D eigenvalue weighted by atomic mass is 32.2. The second kappa shape index (κ2) is 4.59. The van der Waals surface area contributed by atoms with Gasteiger partial charge < -0.3 is 0 Å².